The first-order valence-corrected chi connectivity index (χ1v) is 10.9. The maximum atomic E-state index is 11.6. The largest absolute Gasteiger partial charge is 0.492 e. The van der Waals surface area contributed by atoms with Crippen molar-refractivity contribution in [3.05, 3.63) is 65.7 Å². The number of rotatable bonds is 10. The van der Waals surface area contributed by atoms with E-state index in [4.69, 9.17) is 4.74 Å². The minimum atomic E-state index is -3.26. The van der Waals surface area contributed by atoms with Crippen molar-refractivity contribution in [3.8, 4) is 5.75 Å². The summed E-state index contributed by atoms with van der Waals surface area (Å²) in [5, 5.41) is 6.43. The summed E-state index contributed by atoms with van der Waals surface area (Å²) >= 11 is 0. The monoisotopic (exact) mass is 532 g/mol. The SMILES string of the molecule is CCNC(=NCc1ccc(CS(=O)(=O)NC)cc1)NCCOc1ccccc1.I. The van der Waals surface area contributed by atoms with Gasteiger partial charge < -0.3 is 15.4 Å². The van der Waals surface area contributed by atoms with Gasteiger partial charge in [0.05, 0.1) is 18.8 Å². The van der Waals surface area contributed by atoms with Crippen LogP contribution in [0.15, 0.2) is 59.6 Å². The molecule has 7 nitrogen and oxygen atoms in total. The molecule has 160 valence electrons. The molecule has 0 fully saturated rings. The molecule has 0 aliphatic carbocycles. The maximum Gasteiger partial charge on any atom is 0.215 e. The summed E-state index contributed by atoms with van der Waals surface area (Å²) in [4.78, 5) is 4.56. The van der Waals surface area contributed by atoms with E-state index in [0.717, 1.165) is 23.4 Å². The molecule has 0 atom stereocenters. The molecule has 2 aromatic rings. The molecule has 0 amide bonds. The van der Waals surface area contributed by atoms with Gasteiger partial charge in [-0.3, -0.25) is 0 Å². The Kier molecular flexibility index (Phi) is 11.6. The van der Waals surface area contributed by atoms with Crippen molar-refractivity contribution in [1.82, 2.24) is 15.4 Å². The molecule has 0 heterocycles. The van der Waals surface area contributed by atoms with Gasteiger partial charge in [-0.15, -0.1) is 24.0 Å². The Labute approximate surface area is 190 Å². The normalized spacial score (nSPS) is 11.4. The molecule has 2 aromatic carbocycles. The van der Waals surface area contributed by atoms with Crippen LogP contribution in [0.3, 0.4) is 0 Å². The van der Waals surface area contributed by atoms with Gasteiger partial charge >= 0.3 is 0 Å². The van der Waals surface area contributed by atoms with Crippen LogP contribution in [0.25, 0.3) is 0 Å². The molecule has 2 rings (SSSR count). The van der Waals surface area contributed by atoms with Crippen LogP contribution in [-0.4, -0.2) is 41.1 Å². The van der Waals surface area contributed by atoms with Gasteiger partial charge in [-0.25, -0.2) is 18.1 Å². The third-order valence-electron chi connectivity index (χ3n) is 3.86. The fraction of sp³-hybridized carbons (Fsp3) is 0.350. The number of guanidine groups is 1. The number of hydrogen-bond donors (Lipinski definition) is 3. The van der Waals surface area contributed by atoms with Gasteiger partial charge in [-0.1, -0.05) is 42.5 Å². The molecule has 0 spiro atoms. The van der Waals surface area contributed by atoms with Crippen LogP contribution in [0.2, 0.25) is 0 Å². The van der Waals surface area contributed by atoms with Crippen LogP contribution in [-0.2, 0) is 22.3 Å². The van der Waals surface area contributed by atoms with Gasteiger partial charge in [0.25, 0.3) is 0 Å². The fourth-order valence-corrected chi connectivity index (χ4v) is 3.18. The van der Waals surface area contributed by atoms with E-state index < -0.39 is 10.0 Å². The molecule has 0 unspecified atom stereocenters. The zero-order valence-corrected chi connectivity index (χ0v) is 19.9. The minimum Gasteiger partial charge on any atom is -0.492 e. The van der Waals surface area contributed by atoms with Crippen molar-refractivity contribution in [2.75, 3.05) is 26.7 Å². The molecule has 0 saturated heterocycles. The predicted octanol–water partition coefficient (Wildman–Crippen LogP) is 2.49. The summed E-state index contributed by atoms with van der Waals surface area (Å²) < 4.78 is 31.2. The zero-order valence-electron chi connectivity index (χ0n) is 16.7. The van der Waals surface area contributed by atoms with E-state index in [1.807, 2.05) is 61.5 Å². The first kappa shape index (κ1) is 25.2. The molecular formula is C20H29IN4O3S. The molecule has 9 heteroatoms. The zero-order chi connectivity index (χ0) is 20.2. The van der Waals surface area contributed by atoms with Gasteiger partial charge in [0.1, 0.15) is 12.4 Å². The van der Waals surface area contributed by atoms with Crippen LogP contribution in [0.1, 0.15) is 18.1 Å². The Morgan fingerprint density at radius 2 is 1.66 bits per heavy atom. The van der Waals surface area contributed by atoms with E-state index in [1.54, 1.807) is 0 Å². The number of aliphatic imine (C=N–C) groups is 1. The number of hydrogen-bond acceptors (Lipinski definition) is 4. The van der Waals surface area contributed by atoms with E-state index in [9.17, 15) is 8.42 Å². The Bertz CT molecular complexity index is 844. The van der Waals surface area contributed by atoms with Crippen molar-refractivity contribution in [2.24, 2.45) is 4.99 Å². The lowest BCUT2D eigenvalue weighted by molar-refractivity contribution is 0.322. The van der Waals surface area contributed by atoms with Crippen LogP contribution >= 0.6 is 24.0 Å². The summed E-state index contributed by atoms with van der Waals surface area (Å²) in [5.41, 5.74) is 1.74. The number of benzene rings is 2. The topological polar surface area (TPSA) is 91.8 Å². The number of nitrogens with zero attached hydrogens (tertiary/aromatic N) is 1. The quantitative estimate of drug-likeness (QED) is 0.189. The van der Waals surface area contributed by atoms with Gasteiger partial charge in [0.15, 0.2) is 5.96 Å². The number of sulfonamides is 1. The second-order valence-corrected chi connectivity index (χ2v) is 7.99. The Morgan fingerprint density at radius 1 is 1.00 bits per heavy atom. The fourth-order valence-electron chi connectivity index (χ4n) is 2.40. The van der Waals surface area contributed by atoms with Crippen LogP contribution < -0.4 is 20.1 Å². The highest BCUT2D eigenvalue weighted by Crippen LogP contribution is 2.09. The lowest BCUT2D eigenvalue weighted by Gasteiger charge is -2.12. The van der Waals surface area contributed by atoms with Crippen molar-refractivity contribution >= 4 is 40.0 Å². The van der Waals surface area contributed by atoms with Crippen LogP contribution in [0, 0.1) is 0 Å². The first-order valence-electron chi connectivity index (χ1n) is 9.21. The maximum absolute atomic E-state index is 11.6. The summed E-state index contributed by atoms with van der Waals surface area (Å²) in [7, 11) is -1.85. The number of ether oxygens (including phenoxy) is 1. The third kappa shape index (κ3) is 9.95. The van der Waals surface area contributed by atoms with E-state index in [-0.39, 0.29) is 29.7 Å². The van der Waals surface area contributed by atoms with Crippen molar-refractivity contribution in [2.45, 2.75) is 19.2 Å². The number of halogens is 1. The molecule has 0 radical (unpaired) electrons. The number of para-hydroxylation sites is 1. The first-order chi connectivity index (χ1) is 13.5. The summed E-state index contributed by atoms with van der Waals surface area (Å²) in [5.74, 6) is 1.52. The highest BCUT2D eigenvalue weighted by molar-refractivity contribution is 14.0. The molecule has 0 aromatic heterocycles. The van der Waals surface area contributed by atoms with Gasteiger partial charge in [-0.05, 0) is 37.2 Å². The van der Waals surface area contributed by atoms with E-state index in [0.29, 0.717) is 25.7 Å². The summed E-state index contributed by atoms with van der Waals surface area (Å²) in [6.07, 6.45) is 0. The average molecular weight is 532 g/mol. The molecule has 0 bridgehead atoms. The van der Waals surface area contributed by atoms with E-state index >= 15 is 0 Å². The second-order valence-electron chi connectivity index (χ2n) is 6.06. The number of nitrogens with one attached hydrogen (secondary N) is 3. The smallest absolute Gasteiger partial charge is 0.215 e. The summed E-state index contributed by atoms with van der Waals surface area (Å²) in [6.45, 7) is 4.42. The van der Waals surface area contributed by atoms with Gasteiger partial charge in [0, 0.05) is 6.54 Å². The molecule has 0 aliphatic heterocycles. The third-order valence-corrected chi connectivity index (χ3v) is 5.20. The molecular weight excluding hydrogens is 503 g/mol. The van der Waals surface area contributed by atoms with Crippen molar-refractivity contribution < 1.29 is 13.2 Å². The highest BCUT2D eigenvalue weighted by atomic mass is 127. The Hall–Kier alpha value is -1.85. The Balaban J connectivity index is 0.00000420. The lowest BCUT2D eigenvalue weighted by Crippen LogP contribution is -2.39. The van der Waals surface area contributed by atoms with Crippen LogP contribution in [0.4, 0.5) is 0 Å². The molecule has 29 heavy (non-hydrogen) atoms. The average Bonchev–Trinajstić information content (AvgIpc) is 2.71. The van der Waals surface area contributed by atoms with Gasteiger partial charge in [0.2, 0.25) is 10.0 Å². The predicted molar refractivity (Wildman–Crippen MR) is 128 cm³/mol. The van der Waals surface area contributed by atoms with Crippen LogP contribution in [0.5, 0.6) is 5.75 Å². The minimum absolute atomic E-state index is 0. The van der Waals surface area contributed by atoms with E-state index in [1.165, 1.54) is 7.05 Å². The van der Waals surface area contributed by atoms with Crippen molar-refractivity contribution in [1.29, 1.82) is 0 Å². The van der Waals surface area contributed by atoms with Crippen molar-refractivity contribution in [3.63, 3.8) is 0 Å². The lowest BCUT2D eigenvalue weighted by atomic mass is 10.1. The molecule has 3 N–H and O–H groups in total. The standard InChI is InChI=1S/C20H28N4O3S.HI/c1-3-22-20(23-13-14-27-19-7-5-4-6-8-19)24-15-17-9-11-18(12-10-17)16-28(25,26)21-2;/h4-12,21H,3,13-16H2,1-2H3,(H2,22,23,24);1H. The van der Waals surface area contributed by atoms with E-state index in [2.05, 4.69) is 20.3 Å². The second kappa shape index (κ2) is 13.4. The highest BCUT2D eigenvalue weighted by Gasteiger charge is 2.08. The Morgan fingerprint density at radius 3 is 2.28 bits per heavy atom. The summed E-state index contributed by atoms with van der Waals surface area (Å²) in [6, 6.07) is 17.1. The molecule has 0 aliphatic rings. The molecule has 0 saturated carbocycles. The van der Waals surface area contributed by atoms with Gasteiger partial charge in [-0.2, -0.15) is 0 Å².